The molecule has 114 valence electrons. The van der Waals surface area contributed by atoms with Crippen LogP contribution < -0.4 is 0 Å². The van der Waals surface area contributed by atoms with Crippen molar-refractivity contribution in [1.82, 2.24) is 4.90 Å². The molecule has 2 bridgehead atoms. The summed E-state index contributed by atoms with van der Waals surface area (Å²) in [6.45, 7) is 6.75. The van der Waals surface area contributed by atoms with E-state index in [-0.39, 0.29) is 28.4 Å². The summed E-state index contributed by atoms with van der Waals surface area (Å²) in [6.07, 6.45) is 0.605. The Morgan fingerprint density at radius 2 is 1.81 bits per heavy atom. The summed E-state index contributed by atoms with van der Waals surface area (Å²) in [5, 5.41) is -0.347. The van der Waals surface area contributed by atoms with E-state index in [1.54, 1.807) is 4.90 Å². The third-order valence-corrected chi connectivity index (χ3v) is 6.77. The Morgan fingerprint density at radius 3 is 2.24 bits per heavy atom. The number of carbonyl (C=O) groups excluding carboxylic acids is 1. The first-order valence-electron chi connectivity index (χ1n) is 7.31. The Bertz CT molecular complexity index is 670. The summed E-state index contributed by atoms with van der Waals surface area (Å²) in [5.74, 6) is 0.0848. The number of hydrogen-bond donors (Lipinski definition) is 0. The lowest BCUT2D eigenvalue weighted by Gasteiger charge is -2.27. The van der Waals surface area contributed by atoms with Gasteiger partial charge in [-0.05, 0) is 29.5 Å². The van der Waals surface area contributed by atoms with E-state index in [2.05, 4.69) is 20.8 Å². The monoisotopic (exact) mass is 307 g/mol. The van der Waals surface area contributed by atoms with Crippen molar-refractivity contribution >= 4 is 15.7 Å². The molecular formula is C16H21NO3S. The SMILES string of the molecule is CC(C)(C)c1ccc(C(=O)N2CC3CC2CS3(=O)=O)cc1. The van der Waals surface area contributed by atoms with Gasteiger partial charge in [0.25, 0.3) is 5.91 Å². The van der Waals surface area contributed by atoms with Crippen LogP contribution in [-0.2, 0) is 15.3 Å². The number of amides is 1. The van der Waals surface area contributed by atoms with E-state index in [4.69, 9.17) is 0 Å². The van der Waals surface area contributed by atoms with E-state index < -0.39 is 9.84 Å². The zero-order valence-electron chi connectivity index (χ0n) is 12.7. The highest BCUT2D eigenvalue weighted by Gasteiger charge is 2.50. The van der Waals surface area contributed by atoms with Crippen molar-refractivity contribution in [2.45, 2.75) is 43.9 Å². The largest absolute Gasteiger partial charge is 0.333 e. The number of likely N-dealkylation sites (tertiary alicyclic amines) is 1. The summed E-state index contributed by atoms with van der Waals surface area (Å²) in [7, 11) is -2.96. The lowest BCUT2D eigenvalue weighted by atomic mass is 9.86. The highest BCUT2D eigenvalue weighted by Crippen LogP contribution is 2.34. The highest BCUT2D eigenvalue weighted by atomic mass is 32.2. The Labute approximate surface area is 126 Å². The van der Waals surface area contributed by atoms with E-state index in [9.17, 15) is 13.2 Å². The minimum atomic E-state index is -2.96. The fraction of sp³-hybridized carbons (Fsp3) is 0.562. The van der Waals surface area contributed by atoms with Gasteiger partial charge in [0, 0.05) is 18.2 Å². The Morgan fingerprint density at radius 1 is 1.19 bits per heavy atom. The maximum absolute atomic E-state index is 12.5. The summed E-state index contributed by atoms with van der Waals surface area (Å²) < 4.78 is 23.5. The summed E-state index contributed by atoms with van der Waals surface area (Å²) in [6, 6.07) is 7.54. The third-order valence-electron chi connectivity index (χ3n) is 4.57. The highest BCUT2D eigenvalue weighted by molar-refractivity contribution is 7.92. The van der Waals surface area contributed by atoms with Gasteiger partial charge in [-0.1, -0.05) is 32.9 Å². The molecule has 0 aliphatic carbocycles. The molecule has 5 heteroatoms. The van der Waals surface area contributed by atoms with Gasteiger partial charge in [-0.2, -0.15) is 0 Å². The number of hydrogen-bond acceptors (Lipinski definition) is 3. The van der Waals surface area contributed by atoms with E-state index in [0.717, 1.165) is 0 Å². The van der Waals surface area contributed by atoms with Crippen LogP contribution >= 0.6 is 0 Å². The van der Waals surface area contributed by atoms with Gasteiger partial charge in [0.05, 0.1) is 11.0 Å². The molecule has 2 aliphatic rings. The molecule has 1 amide bonds. The molecule has 0 radical (unpaired) electrons. The van der Waals surface area contributed by atoms with Crippen LogP contribution in [-0.4, -0.2) is 42.8 Å². The molecule has 1 aromatic rings. The third kappa shape index (κ3) is 2.48. The number of fused-ring (bicyclic) bond motifs is 2. The lowest BCUT2D eigenvalue weighted by molar-refractivity contribution is 0.0746. The van der Waals surface area contributed by atoms with Gasteiger partial charge in [0.1, 0.15) is 0 Å². The second-order valence-corrected chi connectivity index (χ2v) is 9.45. The minimum Gasteiger partial charge on any atom is -0.333 e. The maximum atomic E-state index is 12.5. The van der Waals surface area contributed by atoms with Crippen LogP contribution in [0.2, 0.25) is 0 Å². The zero-order chi connectivity index (χ0) is 15.4. The first kappa shape index (κ1) is 14.6. The number of rotatable bonds is 1. The Balaban J connectivity index is 1.79. The van der Waals surface area contributed by atoms with Crippen molar-refractivity contribution in [1.29, 1.82) is 0 Å². The van der Waals surface area contributed by atoms with Crippen LogP contribution in [0.5, 0.6) is 0 Å². The van der Waals surface area contributed by atoms with Gasteiger partial charge in [-0.25, -0.2) is 8.42 Å². The van der Waals surface area contributed by atoms with Gasteiger partial charge >= 0.3 is 0 Å². The fourth-order valence-corrected chi connectivity index (χ4v) is 5.25. The van der Waals surface area contributed by atoms with Gasteiger partial charge in [0.2, 0.25) is 0 Å². The van der Waals surface area contributed by atoms with Crippen LogP contribution in [0.25, 0.3) is 0 Å². The van der Waals surface area contributed by atoms with E-state index in [0.29, 0.717) is 18.5 Å². The van der Waals surface area contributed by atoms with Crippen molar-refractivity contribution < 1.29 is 13.2 Å². The second-order valence-electron chi connectivity index (χ2n) is 7.13. The topological polar surface area (TPSA) is 54.5 Å². The smallest absolute Gasteiger partial charge is 0.254 e. The van der Waals surface area contributed by atoms with E-state index in [1.807, 2.05) is 24.3 Å². The van der Waals surface area contributed by atoms with Crippen molar-refractivity contribution in [3.8, 4) is 0 Å². The minimum absolute atomic E-state index is 0.0436. The molecule has 2 aliphatic heterocycles. The first-order chi connectivity index (χ1) is 9.68. The van der Waals surface area contributed by atoms with Crippen LogP contribution in [0.3, 0.4) is 0 Å². The summed E-state index contributed by atoms with van der Waals surface area (Å²) in [4.78, 5) is 14.3. The van der Waals surface area contributed by atoms with Crippen molar-refractivity contribution in [3.05, 3.63) is 35.4 Å². The molecule has 0 saturated carbocycles. The average molecular weight is 307 g/mol. The summed E-state index contributed by atoms with van der Waals surface area (Å²) in [5.41, 5.74) is 1.89. The first-order valence-corrected chi connectivity index (χ1v) is 9.03. The molecule has 21 heavy (non-hydrogen) atoms. The van der Waals surface area contributed by atoms with Crippen molar-refractivity contribution in [2.24, 2.45) is 0 Å². The predicted octanol–water partition coefficient (Wildman–Crippen LogP) is 2.00. The Hall–Kier alpha value is -1.36. The second kappa shape index (κ2) is 4.57. The van der Waals surface area contributed by atoms with Crippen LogP contribution in [0.4, 0.5) is 0 Å². The predicted molar refractivity (Wildman–Crippen MR) is 82.2 cm³/mol. The van der Waals surface area contributed by atoms with Crippen molar-refractivity contribution in [3.63, 3.8) is 0 Å². The molecule has 0 aromatic heterocycles. The molecule has 1 aromatic carbocycles. The molecule has 0 spiro atoms. The molecule has 4 nitrogen and oxygen atoms in total. The molecule has 2 fully saturated rings. The van der Waals surface area contributed by atoms with Gasteiger partial charge < -0.3 is 4.90 Å². The standard InChI is InChI=1S/C16H21NO3S/c1-16(2,3)12-6-4-11(5-7-12)15(18)17-9-14-8-13(17)10-21(14,19)20/h4-7,13-14H,8-10H2,1-3H3. The Kier molecular flexibility index (Phi) is 3.17. The molecule has 2 unspecified atom stereocenters. The van der Waals surface area contributed by atoms with Gasteiger partial charge in [0.15, 0.2) is 9.84 Å². The van der Waals surface area contributed by atoms with Crippen LogP contribution in [0.15, 0.2) is 24.3 Å². The molecule has 3 rings (SSSR count). The van der Waals surface area contributed by atoms with E-state index >= 15 is 0 Å². The normalized spacial score (nSPS) is 27.1. The molecular weight excluding hydrogens is 286 g/mol. The summed E-state index contributed by atoms with van der Waals surface area (Å²) >= 11 is 0. The molecule has 2 atom stereocenters. The van der Waals surface area contributed by atoms with Crippen LogP contribution in [0, 0.1) is 0 Å². The van der Waals surface area contributed by atoms with Gasteiger partial charge in [-0.3, -0.25) is 4.79 Å². The molecule has 2 saturated heterocycles. The van der Waals surface area contributed by atoms with Crippen molar-refractivity contribution in [2.75, 3.05) is 12.3 Å². The zero-order valence-corrected chi connectivity index (χ0v) is 13.5. The van der Waals surface area contributed by atoms with E-state index in [1.165, 1.54) is 5.56 Å². The quantitative estimate of drug-likeness (QED) is 0.797. The maximum Gasteiger partial charge on any atom is 0.254 e. The van der Waals surface area contributed by atoms with Crippen LogP contribution in [0.1, 0.15) is 43.1 Å². The number of nitrogens with zero attached hydrogens (tertiary/aromatic N) is 1. The molecule has 2 heterocycles. The number of benzene rings is 1. The number of carbonyl (C=O) groups is 1. The average Bonchev–Trinajstić information content (AvgIpc) is 2.92. The fourth-order valence-electron chi connectivity index (χ4n) is 3.22. The van der Waals surface area contributed by atoms with Gasteiger partial charge in [-0.15, -0.1) is 0 Å². The lowest BCUT2D eigenvalue weighted by Crippen LogP contribution is -2.44. The molecule has 0 N–H and O–H groups in total. The number of sulfone groups is 1.